The number of halogens is 1. The molecule has 1 heterocycles. The zero-order valence-electron chi connectivity index (χ0n) is 16.9. The highest BCUT2D eigenvalue weighted by Crippen LogP contribution is 2.23. The van der Waals surface area contributed by atoms with Crippen LogP contribution in [0.15, 0.2) is 89.7 Å². The Hall–Kier alpha value is -3.69. The molecule has 0 aliphatic rings. The summed E-state index contributed by atoms with van der Waals surface area (Å²) in [6.07, 6.45) is 3.90. The highest BCUT2D eigenvalue weighted by Gasteiger charge is 2.12. The molecule has 0 spiro atoms. The molecule has 0 amide bonds. The van der Waals surface area contributed by atoms with Crippen molar-refractivity contribution in [3.05, 3.63) is 117 Å². The Labute approximate surface area is 184 Å². The van der Waals surface area contributed by atoms with E-state index in [1.165, 1.54) is 5.39 Å². The molecule has 0 bridgehead atoms. The smallest absolute Gasteiger partial charge is 0.266 e. The molecule has 31 heavy (non-hydrogen) atoms. The topological polar surface area (TPSA) is 34.9 Å². The third kappa shape index (κ3) is 3.54. The summed E-state index contributed by atoms with van der Waals surface area (Å²) in [6, 6.07) is 27.4. The van der Waals surface area contributed by atoms with E-state index in [1.54, 1.807) is 10.6 Å². The van der Waals surface area contributed by atoms with Gasteiger partial charge in [-0.05, 0) is 59.2 Å². The predicted molar refractivity (Wildman–Crippen MR) is 130 cm³/mol. The molecule has 5 aromatic rings. The maximum atomic E-state index is 13.4. The van der Waals surface area contributed by atoms with E-state index in [2.05, 4.69) is 24.3 Å². The van der Waals surface area contributed by atoms with Crippen molar-refractivity contribution in [1.29, 1.82) is 0 Å². The number of hydrogen-bond acceptors (Lipinski definition) is 2. The molecule has 4 aromatic carbocycles. The van der Waals surface area contributed by atoms with Gasteiger partial charge >= 0.3 is 0 Å². The number of aromatic nitrogens is 2. The second kappa shape index (κ2) is 7.86. The van der Waals surface area contributed by atoms with Gasteiger partial charge in [0, 0.05) is 5.02 Å². The summed E-state index contributed by atoms with van der Waals surface area (Å²) in [7, 11) is 0. The molecule has 3 nitrogen and oxygen atoms in total. The fourth-order valence-electron chi connectivity index (χ4n) is 3.79. The second-order valence-corrected chi connectivity index (χ2v) is 7.87. The van der Waals surface area contributed by atoms with Crippen molar-refractivity contribution in [1.82, 2.24) is 9.55 Å². The molecule has 0 aliphatic carbocycles. The van der Waals surface area contributed by atoms with Crippen LogP contribution >= 0.6 is 11.6 Å². The third-order valence-corrected chi connectivity index (χ3v) is 5.86. The number of rotatable bonds is 3. The lowest BCUT2D eigenvalue weighted by molar-refractivity contribution is 0.943. The van der Waals surface area contributed by atoms with Crippen LogP contribution in [0.25, 0.3) is 39.5 Å². The van der Waals surface area contributed by atoms with Crippen LogP contribution in [-0.4, -0.2) is 9.55 Å². The second-order valence-electron chi connectivity index (χ2n) is 7.46. The minimum Gasteiger partial charge on any atom is -0.268 e. The lowest BCUT2D eigenvalue weighted by Gasteiger charge is -2.12. The van der Waals surface area contributed by atoms with E-state index in [0.717, 1.165) is 16.5 Å². The number of nitrogens with zero attached hydrogens (tertiary/aromatic N) is 2. The van der Waals surface area contributed by atoms with Gasteiger partial charge in [-0.2, -0.15) is 0 Å². The zero-order valence-corrected chi connectivity index (χ0v) is 17.7. The van der Waals surface area contributed by atoms with Crippen LogP contribution in [-0.2, 0) is 0 Å². The molecule has 0 saturated heterocycles. The Bertz CT molecular complexity index is 1530. The Morgan fingerprint density at radius 1 is 0.839 bits per heavy atom. The van der Waals surface area contributed by atoms with Crippen LogP contribution in [0.5, 0.6) is 0 Å². The van der Waals surface area contributed by atoms with E-state index in [1.807, 2.05) is 73.7 Å². The quantitative estimate of drug-likeness (QED) is 0.325. The molecule has 1 aromatic heterocycles. The normalized spacial score (nSPS) is 11.5. The molecule has 0 unspecified atom stereocenters. The standard InChI is InChI=1S/C27H19ClN2O/c1-18-13-15-21(17-24(18)28)30-26(29-25-12-5-4-11-23(25)27(30)31)16-14-20-9-6-8-19-7-2-3-10-22(19)20/h2-17H,1H3/b16-14+. The summed E-state index contributed by atoms with van der Waals surface area (Å²) >= 11 is 6.37. The van der Waals surface area contributed by atoms with Crippen molar-refractivity contribution in [2.45, 2.75) is 6.92 Å². The minimum absolute atomic E-state index is 0.122. The molecule has 4 heteroatoms. The van der Waals surface area contributed by atoms with Gasteiger partial charge in [0.2, 0.25) is 0 Å². The van der Waals surface area contributed by atoms with E-state index >= 15 is 0 Å². The lowest BCUT2D eigenvalue weighted by Crippen LogP contribution is -2.22. The first kappa shape index (κ1) is 19.3. The van der Waals surface area contributed by atoms with Gasteiger partial charge in [-0.25, -0.2) is 4.98 Å². The minimum atomic E-state index is -0.122. The van der Waals surface area contributed by atoms with Crippen LogP contribution in [0.3, 0.4) is 0 Å². The Morgan fingerprint density at radius 2 is 1.58 bits per heavy atom. The molecular weight excluding hydrogens is 404 g/mol. The third-order valence-electron chi connectivity index (χ3n) is 5.45. The zero-order chi connectivity index (χ0) is 21.4. The van der Waals surface area contributed by atoms with Crippen molar-refractivity contribution >= 4 is 45.4 Å². The summed E-state index contributed by atoms with van der Waals surface area (Å²) in [5, 5.41) is 3.50. The molecule has 0 fully saturated rings. The highest BCUT2D eigenvalue weighted by atomic mass is 35.5. The van der Waals surface area contributed by atoms with Crippen molar-refractivity contribution in [2.75, 3.05) is 0 Å². The summed E-state index contributed by atoms with van der Waals surface area (Å²) in [6.45, 7) is 1.94. The van der Waals surface area contributed by atoms with Gasteiger partial charge in [0.25, 0.3) is 5.56 Å². The van der Waals surface area contributed by atoms with Crippen LogP contribution < -0.4 is 5.56 Å². The fourth-order valence-corrected chi connectivity index (χ4v) is 3.97. The van der Waals surface area contributed by atoms with Gasteiger partial charge in [-0.15, -0.1) is 0 Å². The van der Waals surface area contributed by atoms with Gasteiger partial charge in [-0.1, -0.05) is 78.3 Å². The first-order valence-electron chi connectivity index (χ1n) is 10.1. The van der Waals surface area contributed by atoms with Crippen molar-refractivity contribution < 1.29 is 0 Å². The number of fused-ring (bicyclic) bond motifs is 2. The molecule has 0 N–H and O–H groups in total. The van der Waals surface area contributed by atoms with Gasteiger partial charge in [-0.3, -0.25) is 9.36 Å². The van der Waals surface area contributed by atoms with E-state index in [9.17, 15) is 4.79 Å². The van der Waals surface area contributed by atoms with Crippen LogP contribution in [0.4, 0.5) is 0 Å². The van der Waals surface area contributed by atoms with Crippen LogP contribution in [0, 0.1) is 6.92 Å². The van der Waals surface area contributed by atoms with E-state index < -0.39 is 0 Å². The first-order valence-corrected chi connectivity index (χ1v) is 10.4. The van der Waals surface area contributed by atoms with Crippen molar-refractivity contribution in [3.63, 3.8) is 0 Å². The number of para-hydroxylation sites is 1. The number of hydrogen-bond donors (Lipinski definition) is 0. The van der Waals surface area contributed by atoms with E-state index in [0.29, 0.717) is 27.4 Å². The molecule has 150 valence electrons. The van der Waals surface area contributed by atoms with E-state index in [4.69, 9.17) is 16.6 Å². The van der Waals surface area contributed by atoms with Gasteiger partial charge in [0.05, 0.1) is 16.6 Å². The number of benzene rings is 4. The van der Waals surface area contributed by atoms with Crippen molar-refractivity contribution in [3.8, 4) is 5.69 Å². The van der Waals surface area contributed by atoms with Gasteiger partial charge in [0.1, 0.15) is 5.82 Å². The average Bonchev–Trinajstić information content (AvgIpc) is 2.80. The summed E-state index contributed by atoms with van der Waals surface area (Å²) in [4.78, 5) is 18.2. The highest BCUT2D eigenvalue weighted by molar-refractivity contribution is 6.31. The molecule has 0 aliphatic heterocycles. The van der Waals surface area contributed by atoms with Crippen LogP contribution in [0.1, 0.15) is 17.0 Å². The number of aryl methyl sites for hydroxylation is 1. The maximum Gasteiger partial charge on any atom is 0.266 e. The molecular formula is C27H19ClN2O. The van der Waals surface area contributed by atoms with Gasteiger partial charge < -0.3 is 0 Å². The fraction of sp³-hybridized carbons (Fsp3) is 0.0370. The first-order chi connectivity index (χ1) is 15.1. The summed E-state index contributed by atoms with van der Waals surface area (Å²) < 4.78 is 1.62. The van der Waals surface area contributed by atoms with Gasteiger partial charge in [0.15, 0.2) is 0 Å². The SMILES string of the molecule is Cc1ccc(-n2c(/C=C/c3cccc4ccccc34)nc3ccccc3c2=O)cc1Cl. The average molecular weight is 423 g/mol. The lowest BCUT2D eigenvalue weighted by atomic mass is 10.0. The Balaban J connectivity index is 1.74. The van der Waals surface area contributed by atoms with E-state index in [-0.39, 0.29) is 5.56 Å². The molecule has 0 atom stereocenters. The summed E-state index contributed by atoms with van der Waals surface area (Å²) in [5.74, 6) is 0.552. The molecule has 5 rings (SSSR count). The van der Waals surface area contributed by atoms with Crippen LogP contribution in [0.2, 0.25) is 5.02 Å². The molecule has 0 saturated carbocycles. The maximum absolute atomic E-state index is 13.4. The monoisotopic (exact) mass is 422 g/mol. The largest absolute Gasteiger partial charge is 0.268 e. The Kier molecular flexibility index (Phi) is 4.89. The predicted octanol–water partition coefficient (Wildman–Crippen LogP) is 6.67. The summed E-state index contributed by atoms with van der Waals surface area (Å²) in [5.41, 5.74) is 3.26. The molecule has 0 radical (unpaired) electrons. The van der Waals surface area contributed by atoms with Crippen molar-refractivity contribution in [2.24, 2.45) is 0 Å². The Morgan fingerprint density at radius 3 is 2.42 bits per heavy atom.